The van der Waals surface area contributed by atoms with Gasteiger partial charge in [0.2, 0.25) is 0 Å². The predicted octanol–water partition coefficient (Wildman–Crippen LogP) is 2.96. The van der Waals surface area contributed by atoms with Crippen LogP contribution in [0.15, 0.2) is 35.8 Å². The van der Waals surface area contributed by atoms with E-state index in [-0.39, 0.29) is 0 Å². The number of hydrogen-bond donors (Lipinski definition) is 1. The highest BCUT2D eigenvalue weighted by atomic mass is 32.1. The molecule has 0 aliphatic heterocycles. The quantitative estimate of drug-likeness (QED) is 0.785. The molecule has 5 heteroatoms. The van der Waals surface area contributed by atoms with Gasteiger partial charge < -0.3 is 10.5 Å². The van der Waals surface area contributed by atoms with E-state index in [0.29, 0.717) is 6.54 Å². The SMILES string of the molecule is COc1ccc(-c2nc3sccn3c2CCCN)cc1. The van der Waals surface area contributed by atoms with E-state index in [4.69, 9.17) is 15.5 Å². The van der Waals surface area contributed by atoms with E-state index in [0.717, 1.165) is 34.8 Å². The summed E-state index contributed by atoms with van der Waals surface area (Å²) in [5, 5.41) is 2.06. The van der Waals surface area contributed by atoms with Crippen molar-refractivity contribution in [1.82, 2.24) is 9.38 Å². The Hall–Kier alpha value is -1.85. The standard InChI is InChI=1S/C15H17N3OS/c1-19-12-6-4-11(5-7-12)14-13(3-2-8-16)18-9-10-20-15(18)17-14/h4-7,9-10H,2-3,8,16H2,1H3. The van der Waals surface area contributed by atoms with Gasteiger partial charge in [-0.15, -0.1) is 11.3 Å². The monoisotopic (exact) mass is 287 g/mol. The fraction of sp³-hybridized carbons (Fsp3) is 0.267. The van der Waals surface area contributed by atoms with Crippen molar-refractivity contribution < 1.29 is 4.74 Å². The van der Waals surface area contributed by atoms with Gasteiger partial charge in [-0.05, 0) is 43.7 Å². The minimum atomic E-state index is 0.694. The Morgan fingerprint density at radius 3 is 2.80 bits per heavy atom. The molecule has 2 N–H and O–H groups in total. The molecule has 0 aliphatic carbocycles. The summed E-state index contributed by atoms with van der Waals surface area (Å²) < 4.78 is 7.37. The molecule has 4 nitrogen and oxygen atoms in total. The lowest BCUT2D eigenvalue weighted by molar-refractivity contribution is 0.415. The van der Waals surface area contributed by atoms with Crippen LogP contribution in [0.5, 0.6) is 5.75 Å². The van der Waals surface area contributed by atoms with Crippen molar-refractivity contribution >= 4 is 16.3 Å². The fourth-order valence-electron chi connectivity index (χ4n) is 2.32. The Bertz CT molecular complexity index is 700. The zero-order valence-corrected chi connectivity index (χ0v) is 12.2. The summed E-state index contributed by atoms with van der Waals surface area (Å²) in [6.45, 7) is 0.694. The average Bonchev–Trinajstić information content (AvgIpc) is 3.06. The molecule has 0 saturated heterocycles. The zero-order chi connectivity index (χ0) is 13.9. The Morgan fingerprint density at radius 2 is 2.10 bits per heavy atom. The number of fused-ring (bicyclic) bond motifs is 1. The van der Waals surface area contributed by atoms with Crippen LogP contribution >= 0.6 is 11.3 Å². The van der Waals surface area contributed by atoms with Crippen LogP contribution in [-0.4, -0.2) is 23.0 Å². The van der Waals surface area contributed by atoms with E-state index in [1.807, 2.05) is 12.1 Å². The molecular formula is C15H17N3OS. The highest BCUT2D eigenvalue weighted by molar-refractivity contribution is 7.15. The summed E-state index contributed by atoms with van der Waals surface area (Å²) in [6, 6.07) is 8.04. The van der Waals surface area contributed by atoms with Gasteiger partial charge in [-0.2, -0.15) is 0 Å². The molecule has 0 unspecified atom stereocenters. The smallest absolute Gasteiger partial charge is 0.194 e. The second kappa shape index (κ2) is 5.64. The molecule has 1 aromatic carbocycles. The molecule has 0 bridgehead atoms. The number of aryl methyl sites for hydroxylation is 1. The molecule has 0 aliphatic rings. The summed E-state index contributed by atoms with van der Waals surface area (Å²) >= 11 is 1.65. The average molecular weight is 287 g/mol. The van der Waals surface area contributed by atoms with Crippen molar-refractivity contribution in [3.63, 3.8) is 0 Å². The third kappa shape index (κ3) is 2.30. The molecule has 0 spiro atoms. The van der Waals surface area contributed by atoms with Gasteiger partial charge >= 0.3 is 0 Å². The van der Waals surface area contributed by atoms with Crippen LogP contribution in [0.3, 0.4) is 0 Å². The molecule has 0 radical (unpaired) electrons. The number of imidazole rings is 1. The van der Waals surface area contributed by atoms with Crippen molar-refractivity contribution in [3.8, 4) is 17.0 Å². The first-order chi connectivity index (χ1) is 9.83. The number of nitrogens with zero attached hydrogens (tertiary/aromatic N) is 2. The van der Waals surface area contributed by atoms with Crippen molar-refractivity contribution in [1.29, 1.82) is 0 Å². The molecule has 20 heavy (non-hydrogen) atoms. The number of methoxy groups -OCH3 is 1. The molecule has 104 valence electrons. The highest BCUT2D eigenvalue weighted by Gasteiger charge is 2.14. The fourth-order valence-corrected chi connectivity index (χ4v) is 3.05. The van der Waals surface area contributed by atoms with E-state index in [9.17, 15) is 0 Å². The number of nitrogens with two attached hydrogens (primary N) is 1. The van der Waals surface area contributed by atoms with E-state index >= 15 is 0 Å². The van der Waals surface area contributed by atoms with E-state index < -0.39 is 0 Å². The van der Waals surface area contributed by atoms with Gasteiger partial charge in [-0.25, -0.2) is 4.98 Å². The first kappa shape index (κ1) is 13.1. The van der Waals surface area contributed by atoms with Gasteiger partial charge in [-0.3, -0.25) is 4.40 Å². The Morgan fingerprint density at radius 1 is 1.30 bits per heavy atom. The van der Waals surface area contributed by atoms with Crippen molar-refractivity contribution in [2.24, 2.45) is 5.73 Å². The third-order valence-corrected chi connectivity index (χ3v) is 4.10. The van der Waals surface area contributed by atoms with Gasteiger partial charge in [0, 0.05) is 17.1 Å². The maximum Gasteiger partial charge on any atom is 0.194 e. The maximum atomic E-state index is 5.65. The van der Waals surface area contributed by atoms with Gasteiger partial charge in [0.25, 0.3) is 0 Å². The summed E-state index contributed by atoms with van der Waals surface area (Å²) in [4.78, 5) is 5.78. The van der Waals surface area contributed by atoms with Crippen molar-refractivity contribution in [2.45, 2.75) is 12.8 Å². The molecule has 0 atom stereocenters. The normalized spacial score (nSPS) is 11.1. The van der Waals surface area contributed by atoms with Crippen LogP contribution in [0.25, 0.3) is 16.2 Å². The lowest BCUT2D eigenvalue weighted by Gasteiger charge is -2.05. The number of thiazole rings is 1. The zero-order valence-electron chi connectivity index (χ0n) is 11.4. The van der Waals surface area contributed by atoms with Crippen LogP contribution in [-0.2, 0) is 6.42 Å². The second-order valence-corrected chi connectivity index (χ2v) is 5.46. The van der Waals surface area contributed by atoms with Crippen LogP contribution in [0.4, 0.5) is 0 Å². The van der Waals surface area contributed by atoms with Crippen LogP contribution in [0, 0.1) is 0 Å². The number of hydrogen-bond acceptors (Lipinski definition) is 4. The molecule has 0 amide bonds. The number of aromatic nitrogens is 2. The molecule has 3 rings (SSSR count). The largest absolute Gasteiger partial charge is 0.497 e. The Kier molecular flexibility index (Phi) is 3.71. The van der Waals surface area contributed by atoms with Gasteiger partial charge in [0.15, 0.2) is 4.96 Å². The van der Waals surface area contributed by atoms with Gasteiger partial charge in [0.05, 0.1) is 18.5 Å². The lowest BCUT2D eigenvalue weighted by atomic mass is 10.1. The molecular weight excluding hydrogens is 270 g/mol. The van der Waals surface area contributed by atoms with Crippen LogP contribution in [0.2, 0.25) is 0 Å². The predicted molar refractivity (Wildman–Crippen MR) is 82.4 cm³/mol. The summed E-state index contributed by atoms with van der Waals surface area (Å²) in [5.41, 5.74) is 9.05. The Balaban J connectivity index is 2.06. The van der Waals surface area contributed by atoms with Crippen LogP contribution < -0.4 is 10.5 Å². The minimum Gasteiger partial charge on any atom is -0.497 e. The first-order valence-corrected chi connectivity index (χ1v) is 7.50. The summed E-state index contributed by atoms with van der Waals surface area (Å²) in [6.07, 6.45) is 3.98. The topological polar surface area (TPSA) is 52.5 Å². The van der Waals surface area contributed by atoms with Crippen molar-refractivity contribution in [2.75, 3.05) is 13.7 Å². The van der Waals surface area contributed by atoms with Gasteiger partial charge in [0.1, 0.15) is 5.75 Å². The third-order valence-electron chi connectivity index (χ3n) is 3.34. The molecule has 2 aromatic heterocycles. The van der Waals surface area contributed by atoms with E-state index in [2.05, 4.69) is 28.1 Å². The van der Waals surface area contributed by atoms with E-state index in [1.54, 1.807) is 18.4 Å². The van der Waals surface area contributed by atoms with E-state index in [1.165, 1.54) is 5.69 Å². The first-order valence-electron chi connectivity index (χ1n) is 6.62. The summed E-state index contributed by atoms with van der Waals surface area (Å²) in [7, 11) is 1.67. The molecule has 0 saturated carbocycles. The number of ether oxygens (including phenoxy) is 1. The number of rotatable bonds is 5. The van der Waals surface area contributed by atoms with Gasteiger partial charge in [-0.1, -0.05) is 0 Å². The molecule has 3 aromatic rings. The maximum absolute atomic E-state index is 5.65. The van der Waals surface area contributed by atoms with Crippen molar-refractivity contribution in [3.05, 3.63) is 41.5 Å². The van der Waals surface area contributed by atoms with Crippen LogP contribution in [0.1, 0.15) is 12.1 Å². The summed E-state index contributed by atoms with van der Waals surface area (Å²) in [5.74, 6) is 0.860. The Labute approximate surface area is 121 Å². The lowest BCUT2D eigenvalue weighted by Crippen LogP contribution is -2.02. The molecule has 0 fully saturated rings. The second-order valence-electron chi connectivity index (χ2n) is 4.58. The number of benzene rings is 1. The molecule has 2 heterocycles. The minimum absolute atomic E-state index is 0.694. The highest BCUT2D eigenvalue weighted by Crippen LogP contribution is 2.28.